The van der Waals surface area contributed by atoms with Crippen molar-refractivity contribution in [2.24, 2.45) is 5.92 Å². The minimum absolute atomic E-state index is 0.141. The van der Waals surface area contributed by atoms with Crippen molar-refractivity contribution in [2.75, 3.05) is 20.2 Å². The number of likely N-dealkylation sites (tertiary alicyclic amines) is 1. The van der Waals surface area contributed by atoms with Gasteiger partial charge in [-0.1, -0.05) is 36.8 Å². The van der Waals surface area contributed by atoms with E-state index in [4.69, 9.17) is 4.74 Å². The Kier molecular flexibility index (Phi) is 4.48. The maximum Gasteiger partial charge on any atom is 0.317 e. The Balaban J connectivity index is 2.04. The lowest BCUT2D eigenvalue weighted by Crippen LogP contribution is -2.47. The first-order valence-corrected chi connectivity index (χ1v) is 8.60. The molecule has 0 amide bonds. The summed E-state index contributed by atoms with van der Waals surface area (Å²) in [7, 11) is 1.35. The number of ketones is 1. The Labute approximate surface area is 143 Å². The predicted molar refractivity (Wildman–Crippen MR) is 92.6 cm³/mol. The molecular formula is C20H25NO3. The highest BCUT2D eigenvalue weighted by Gasteiger charge is 2.49. The molecule has 0 N–H and O–H groups in total. The summed E-state index contributed by atoms with van der Waals surface area (Å²) < 4.78 is 4.96. The molecule has 1 heterocycles. The molecule has 3 rings (SSSR count). The first kappa shape index (κ1) is 16.7. The molecule has 1 aliphatic carbocycles. The molecule has 128 valence electrons. The monoisotopic (exact) mass is 327 g/mol. The van der Waals surface area contributed by atoms with Crippen LogP contribution in [0.25, 0.3) is 0 Å². The van der Waals surface area contributed by atoms with Gasteiger partial charge in [0.25, 0.3) is 0 Å². The standard InChI is InChI=1S/C20H25NO3/c1-14-6-8-15(9-7-14)20(2)13-16(21-10-4-5-11-21)12-17(22)18(20)19(23)24-3/h6-9,12,18H,4-5,10-11,13H2,1-3H3. The van der Waals surface area contributed by atoms with Gasteiger partial charge in [-0.2, -0.15) is 0 Å². The summed E-state index contributed by atoms with van der Waals surface area (Å²) in [6.07, 6.45) is 4.67. The quantitative estimate of drug-likeness (QED) is 0.632. The highest BCUT2D eigenvalue weighted by molar-refractivity contribution is 6.07. The number of allylic oxidation sites excluding steroid dienone is 2. The van der Waals surface area contributed by atoms with E-state index in [0.717, 1.165) is 42.8 Å². The van der Waals surface area contributed by atoms with Crippen molar-refractivity contribution in [3.63, 3.8) is 0 Å². The summed E-state index contributed by atoms with van der Waals surface area (Å²) in [5, 5.41) is 0. The average Bonchev–Trinajstić information content (AvgIpc) is 3.09. The van der Waals surface area contributed by atoms with Crippen LogP contribution in [0.1, 0.15) is 37.3 Å². The lowest BCUT2D eigenvalue weighted by Gasteiger charge is -2.41. The Morgan fingerprint density at radius 3 is 2.42 bits per heavy atom. The largest absolute Gasteiger partial charge is 0.468 e. The van der Waals surface area contributed by atoms with E-state index in [0.29, 0.717) is 6.42 Å². The van der Waals surface area contributed by atoms with Crippen LogP contribution in [0.3, 0.4) is 0 Å². The van der Waals surface area contributed by atoms with Crippen LogP contribution in [-0.4, -0.2) is 36.9 Å². The highest BCUT2D eigenvalue weighted by Crippen LogP contribution is 2.44. The molecule has 1 aromatic rings. The fourth-order valence-electron chi connectivity index (χ4n) is 4.00. The maximum atomic E-state index is 12.8. The number of benzene rings is 1. The van der Waals surface area contributed by atoms with Crippen LogP contribution in [0.15, 0.2) is 36.0 Å². The number of carbonyl (C=O) groups is 2. The van der Waals surface area contributed by atoms with E-state index >= 15 is 0 Å². The molecule has 4 heteroatoms. The molecule has 1 saturated heterocycles. The first-order chi connectivity index (χ1) is 11.5. The van der Waals surface area contributed by atoms with Crippen LogP contribution in [0.4, 0.5) is 0 Å². The van der Waals surface area contributed by atoms with Gasteiger partial charge in [-0.15, -0.1) is 0 Å². The van der Waals surface area contributed by atoms with Crippen LogP contribution in [-0.2, 0) is 19.7 Å². The molecule has 4 nitrogen and oxygen atoms in total. The predicted octanol–water partition coefficient (Wildman–Crippen LogP) is 2.99. The van der Waals surface area contributed by atoms with Crippen molar-refractivity contribution < 1.29 is 14.3 Å². The minimum atomic E-state index is -0.781. The van der Waals surface area contributed by atoms with E-state index < -0.39 is 17.3 Å². The normalized spacial score (nSPS) is 27.1. The van der Waals surface area contributed by atoms with E-state index in [2.05, 4.69) is 4.90 Å². The Hall–Kier alpha value is -2.10. The van der Waals surface area contributed by atoms with Crippen molar-refractivity contribution in [3.8, 4) is 0 Å². The van der Waals surface area contributed by atoms with Crippen LogP contribution in [0.5, 0.6) is 0 Å². The van der Waals surface area contributed by atoms with Crippen LogP contribution >= 0.6 is 0 Å². The molecule has 0 saturated carbocycles. The highest BCUT2D eigenvalue weighted by atomic mass is 16.5. The number of hydrogen-bond acceptors (Lipinski definition) is 4. The molecule has 0 aromatic heterocycles. The molecule has 1 aliphatic heterocycles. The van der Waals surface area contributed by atoms with Gasteiger partial charge in [0, 0.05) is 30.3 Å². The van der Waals surface area contributed by atoms with Gasteiger partial charge in [-0.25, -0.2) is 0 Å². The van der Waals surface area contributed by atoms with Crippen molar-refractivity contribution >= 4 is 11.8 Å². The van der Waals surface area contributed by atoms with Crippen molar-refractivity contribution in [1.82, 2.24) is 4.90 Å². The second kappa shape index (κ2) is 6.42. The lowest BCUT2D eigenvalue weighted by molar-refractivity contribution is -0.151. The summed E-state index contributed by atoms with van der Waals surface area (Å²) in [6, 6.07) is 8.14. The summed E-state index contributed by atoms with van der Waals surface area (Å²) in [6.45, 7) is 6.03. The third-order valence-electron chi connectivity index (χ3n) is 5.44. The molecule has 1 fully saturated rings. The number of carbonyl (C=O) groups excluding carboxylic acids is 2. The molecule has 1 aromatic carbocycles. The third-order valence-corrected chi connectivity index (χ3v) is 5.44. The zero-order chi connectivity index (χ0) is 17.3. The minimum Gasteiger partial charge on any atom is -0.468 e. The maximum absolute atomic E-state index is 12.8. The van der Waals surface area contributed by atoms with Crippen molar-refractivity contribution in [3.05, 3.63) is 47.2 Å². The van der Waals surface area contributed by atoms with Crippen molar-refractivity contribution in [2.45, 2.75) is 38.5 Å². The lowest BCUT2D eigenvalue weighted by atomic mass is 9.64. The number of rotatable bonds is 3. The molecule has 2 aliphatic rings. The van der Waals surface area contributed by atoms with Crippen LogP contribution in [0.2, 0.25) is 0 Å². The summed E-state index contributed by atoms with van der Waals surface area (Å²) in [4.78, 5) is 27.5. The topological polar surface area (TPSA) is 46.6 Å². The van der Waals surface area contributed by atoms with Crippen LogP contribution < -0.4 is 0 Å². The van der Waals surface area contributed by atoms with Gasteiger partial charge >= 0.3 is 5.97 Å². The zero-order valence-corrected chi connectivity index (χ0v) is 14.7. The van der Waals surface area contributed by atoms with Crippen molar-refractivity contribution in [1.29, 1.82) is 0 Å². The summed E-state index contributed by atoms with van der Waals surface area (Å²) in [5.41, 5.74) is 2.65. The smallest absolute Gasteiger partial charge is 0.317 e. The van der Waals surface area contributed by atoms with Gasteiger partial charge in [0.15, 0.2) is 5.78 Å². The average molecular weight is 327 g/mol. The number of esters is 1. The Bertz CT molecular complexity index is 671. The second-order valence-electron chi connectivity index (χ2n) is 7.15. The van der Waals surface area contributed by atoms with E-state index in [-0.39, 0.29) is 5.78 Å². The SMILES string of the molecule is COC(=O)C1C(=O)C=C(N2CCCC2)CC1(C)c1ccc(C)cc1. The zero-order valence-electron chi connectivity index (χ0n) is 14.7. The van der Waals surface area contributed by atoms with Gasteiger partial charge in [0.05, 0.1) is 7.11 Å². The number of nitrogens with zero attached hydrogens (tertiary/aromatic N) is 1. The molecule has 24 heavy (non-hydrogen) atoms. The molecule has 0 spiro atoms. The van der Waals surface area contributed by atoms with Gasteiger partial charge in [-0.05, 0) is 31.7 Å². The molecule has 2 unspecified atom stereocenters. The van der Waals surface area contributed by atoms with E-state index in [1.165, 1.54) is 7.11 Å². The van der Waals surface area contributed by atoms with Gasteiger partial charge in [-0.3, -0.25) is 9.59 Å². The van der Waals surface area contributed by atoms with Gasteiger partial charge in [0.2, 0.25) is 0 Å². The van der Waals surface area contributed by atoms with E-state index in [1.807, 2.05) is 38.1 Å². The van der Waals surface area contributed by atoms with Gasteiger partial charge in [0.1, 0.15) is 5.92 Å². The van der Waals surface area contributed by atoms with E-state index in [1.54, 1.807) is 6.08 Å². The summed E-state index contributed by atoms with van der Waals surface area (Å²) in [5.74, 6) is -1.37. The number of ether oxygens (including phenoxy) is 1. The second-order valence-corrected chi connectivity index (χ2v) is 7.15. The fraction of sp³-hybridized carbons (Fsp3) is 0.500. The molecule has 0 bridgehead atoms. The molecular weight excluding hydrogens is 302 g/mol. The molecule has 2 atom stereocenters. The first-order valence-electron chi connectivity index (χ1n) is 8.60. The molecule has 0 radical (unpaired) electrons. The summed E-state index contributed by atoms with van der Waals surface area (Å²) >= 11 is 0. The van der Waals surface area contributed by atoms with E-state index in [9.17, 15) is 9.59 Å². The van der Waals surface area contributed by atoms with Gasteiger partial charge < -0.3 is 9.64 Å². The Morgan fingerprint density at radius 1 is 1.21 bits per heavy atom. The number of hydrogen-bond donors (Lipinski definition) is 0. The number of aryl methyl sites for hydroxylation is 1. The number of methoxy groups -OCH3 is 1. The van der Waals surface area contributed by atoms with Crippen LogP contribution in [0, 0.1) is 12.8 Å². The fourth-order valence-corrected chi connectivity index (χ4v) is 4.00. The Morgan fingerprint density at radius 2 is 1.83 bits per heavy atom. The third kappa shape index (κ3) is 2.85.